The van der Waals surface area contributed by atoms with Gasteiger partial charge in [-0.25, -0.2) is 22.0 Å². The molecule has 0 atom stereocenters. The second-order valence-electron chi connectivity index (χ2n) is 3.97. The van der Waals surface area contributed by atoms with Crippen LogP contribution in [0, 0.1) is 29.1 Å². The van der Waals surface area contributed by atoms with Gasteiger partial charge in [0.2, 0.25) is 5.82 Å². The molecular formula is C13H4ClF7O. The fraction of sp³-hybridized carbons (Fsp3) is 0.0769. The molecule has 0 aliphatic heterocycles. The summed E-state index contributed by atoms with van der Waals surface area (Å²) in [5.41, 5.74) is -1.83. The summed E-state index contributed by atoms with van der Waals surface area (Å²) < 4.78 is 94.9. The Bertz CT molecular complexity index is 704. The van der Waals surface area contributed by atoms with E-state index in [1.54, 1.807) is 0 Å². The number of benzene rings is 2. The highest BCUT2D eigenvalue weighted by Gasteiger charge is 2.27. The standard InChI is InChI=1S/C13H4ClF7O/c14-5-2-1-4(3-6(5)22-13(20)21)7-8(15)10(17)12(19)11(18)9(7)16/h1-3,13H. The van der Waals surface area contributed by atoms with E-state index in [9.17, 15) is 30.7 Å². The van der Waals surface area contributed by atoms with Gasteiger partial charge in [-0.2, -0.15) is 8.78 Å². The molecule has 0 aliphatic carbocycles. The average Bonchev–Trinajstić information content (AvgIpc) is 2.46. The third kappa shape index (κ3) is 2.83. The van der Waals surface area contributed by atoms with Crippen molar-refractivity contribution in [3.63, 3.8) is 0 Å². The molecule has 0 N–H and O–H groups in total. The van der Waals surface area contributed by atoms with Gasteiger partial charge in [-0.1, -0.05) is 17.7 Å². The number of halogens is 8. The zero-order valence-corrected chi connectivity index (χ0v) is 11.0. The van der Waals surface area contributed by atoms with Gasteiger partial charge in [0.25, 0.3) is 0 Å². The molecule has 0 heterocycles. The van der Waals surface area contributed by atoms with E-state index in [0.29, 0.717) is 6.07 Å². The fourth-order valence-corrected chi connectivity index (χ4v) is 1.87. The molecule has 1 nitrogen and oxygen atoms in total. The van der Waals surface area contributed by atoms with Crippen LogP contribution in [0.2, 0.25) is 5.02 Å². The molecule has 0 spiro atoms. The van der Waals surface area contributed by atoms with Gasteiger partial charge in [0.15, 0.2) is 23.3 Å². The summed E-state index contributed by atoms with van der Waals surface area (Å²) in [6, 6.07) is 2.47. The molecule has 118 valence electrons. The van der Waals surface area contributed by atoms with Gasteiger partial charge in [-0.05, 0) is 17.7 Å². The van der Waals surface area contributed by atoms with Gasteiger partial charge >= 0.3 is 6.61 Å². The summed E-state index contributed by atoms with van der Waals surface area (Å²) in [5.74, 6) is -11.5. The van der Waals surface area contributed by atoms with Crippen LogP contribution < -0.4 is 4.74 Å². The summed E-state index contributed by atoms with van der Waals surface area (Å²) in [5, 5.41) is -0.326. The summed E-state index contributed by atoms with van der Waals surface area (Å²) in [6.45, 7) is -3.29. The minimum Gasteiger partial charge on any atom is -0.433 e. The molecule has 2 rings (SSSR count). The Morgan fingerprint density at radius 1 is 0.818 bits per heavy atom. The number of alkyl halides is 2. The van der Waals surface area contributed by atoms with Crippen molar-refractivity contribution in [1.29, 1.82) is 0 Å². The lowest BCUT2D eigenvalue weighted by Gasteiger charge is -2.11. The molecule has 0 saturated carbocycles. The van der Waals surface area contributed by atoms with E-state index in [4.69, 9.17) is 11.6 Å². The highest BCUT2D eigenvalue weighted by Crippen LogP contribution is 2.36. The number of ether oxygens (including phenoxy) is 1. The average molecular weight is 345 g/mol. The highest BCUT2D eigenvalue weighted by atomic mass is 35.5. The number of rotatable bonds is 3. The van der Waals surface area contributed by atoms with E-state index in [-0.39, 0.29) is 5.02 Å². The first-order valence-corrected chi connectivity index (χ1v) is 5.88. The second kappa shape index (κ2) is 6.04. The van der Waals surface area contributed by atoms with E-state index in [1.165, 1.54) is 0 Å². The number of hydrogen-bond acceptors (Lipinski definition) is 1. The van der Waals surface area contributed by atoms with Crippen LogP contribution in [0.15, 0.2) is 18.2 Å². The molecule has 22 heavy (non-hydrogen) atoms. The lowest BCUT2D eigenvalue weighted by atomic mass is 10.0. The molecule has 0 unspecified atom stereocenters. The summed E-state index contributed by atoms with van der Waals surface area (Å²) in [6.07, 6.45) is 0. The quantitative estimate of drug-likeness (QED) is 0.417. The Hall–Kier alpha value is -1.96. The normalized spacial score (nSPS) is 11.1. The first-order chi connectivity index (χ1) is 10.2. The predicted octanol–water partition coefficient (Wildman–Crippen LogP) is 5.30. The van der Waals surface area contributed by atoms with Crippen molar-refractivity contribution in [1.82, 2.24) is 0 Å². The van der Waals surface area contributed by atoms with Crippen molar-refractivity contribution >= 4 is 11.6 Å². The maximum Gasteiger partial charge on any atom is 0.387 e. The van der Waals surface area contributed by atoms with E-state index in [0.717, 1.165) is 12.1 Å². The maximum absolute atomic E-state index is 13.6. The van der Waals surface area contributed by atoms with Crippen molar-refractivity contribution in [2.75, 3.05) is 0 Å². The minimum absolute atomic E-state index is 0.326. The molecule has 0 aromatic heterocycles. The Morgan fingerprint density at radius 3 is 1.82 bits per heavy atom. The lowest BCUT2D eigenvalue weighted by Crippen LogP contribution is -2.05. The van der Waals surface area contributed by atoms with Gasteiger partial charge in [-0.15, -0.1) is 0 Å². The second-order valence-corrected chi connectivity index (χ2v) is 4.38. The predicted molar refractivity (Wildman–Crippen MR) is 63.3 cm³/mol. The van der Waals surface area contributed by atoms with Crippen LogP contribution in [0.5, 0.6) is 5.75 Å². The van der Waals surface area contributed by atoms with Gasteiger partial charge < -0.3 is 4.74 Å². The monoisotopic (exact) mass is 344 g/mol. The van der Waals surface area contributed by atoms with E-state index >= 15 is 0 Å². The largest absolute Gasteiger partial charge is 0.433 e. The van der Waals surface area contributed by atoms with E-state index < -0.39 is 52.6 Å². The van der Waals surface area contributed by atoms with Crippen LogP contribution in [-0.2, 0) is 0 Å². The first-order valence-electron chi connectivity index (χ1n) is 5.50. The molecule has 2 aromatic rings. The van der Waals surface area contributed by atoms with E-state index in [2.05, 4.69) is 4.74 Å². The molecule has 2 aromatic carbocycles. The first kappa shape index (κ1) is 16.4. The van der Waals surface area contributed by atoms with Crippen molar-refractivity contribution in [3.05, 3.63) is 52.3 Å². The fourth-order valence-electron chi connectivity index (χ4n) is 1.70. The molecule has 0 radical (unpaired) electrons. The Kier molecular flexibility index (Phi) is 4.50. The van der Waals surface area contributed by atoms with Crippen LogP contribution in [0.25, 0.3) is 11.1 Å². The molecule has 0 amide bonds. The Balaban J connectivity index is 2.67. The van der Waals surface area contributed by atoms with Crippen molar-refractivity contribution < 1.29 is 35.5 Å². The van der Waals surface area contributed by atoms with Gasteiger partial charge in [-0.3, -0.25) is 0 Å². The summed E-state index contributed by atoms with van der Waals surface area (Å²) in [4.78, 5) is 0. The minimum atomic E-state index is -3.29. The van der Waals surface area contributed by atoms with Crippen LogP contribution in [0.1, 0.15) is 0 Å². The summed E-state index contributed by atoms with van der Waals surface area (Å²) in [7, 11) is 0. The van der Waals surface area contributed by atoms with E-state index in [1.807, 2.05) is 0 Å². The Morgan fingerprint density at radius 2 is 1.32 bits per heavy atom. The van der Waals surface area contributed by atoms with Crippen LogP contribution in [0.3, 0.4) is 0 Å². The van der Waals surface area contributed by atoms with Gasteiger partial charge in [0.1, 0.15) is 5.75 Å². The lowest BCUT2D eigenvalue weighted by molar-refractivity contribution is -0.0497. The molecular weight excluding hydrogens is 341 g/mol. The molecule has 0 bridgehead atoms. The van der Waals surface area contributed by atoms with Crippen molar-refractivity contribution in [2.24, 2.45) is 0 Å². The van der Waals surface area contributed by atoms with Gasteiger partial charge in [0.05, 0.1) is 10.6 Å². The third-order valence-corrected chi connectivity index (χ3v) is 2.96. The number of hydrogen-bond donors (Lipinski definition) is 0. The van der Waals surface area contributed by atoms with Crippen LogP contribution in [-0.4, -0.2) is 6.61 Å². The zero-order chi connectivity index (χ0) is 16.6. The highest BCUT2D eigenvalue weighted by molar-refractivity contribution is 6.32. The molecule has 0 fully saturated rings. The Labute approximate surface area is 123 Å². The van der Waals surface area contributed by atoms with Crippen molar-refractivity contribution in [2.45, 2.75) is 6.61 Å². The topological polar surface area (TPSA) is 9.23 Å². The SMILES string of the molecule is Fc1c(F)c(F)c(-c2ccc(Cl)c(OC(F)F)c2)c(F)c1F. The molecule has 0 saturated heterocycles. The summed E-state index contributed by atoms with van der Waals surface area (Å²) >= 11 is 5.54. The van der Waals surface area contributed by atoms with Crippen molar-refractivity contribution in [3.8, 4) is 16.9 Å². The van der Waals surface area contributed by atoms with Crippen LogP contribution in [0.4, 0.5) is 30.7 Å². The van der Waals surface area contributed by atoms with Crippen LogP contribution >= 0.6 is 11.6 Å². The molecule has 9 heteroatoms. The zero-order valence-electron chi connectivity index (χ0n) is 10.2. The maximum atomic E-state index is 13.6. The smallest absolute Gasteiger partial charge is 0.387 e. The third-order valence-electron chi connectivity index (χ3n) is 2.65. The van der Waals surface area contributed by atoms with Gasteiger partial charge in [0, 0.05) is 0 Å². The molecule has 0 aliphatic rings.